The Labute approximate surface area is 102 Å². The molecule has 0 aromatic carbocycles. The van der Waals surface area contributed by atoms with Crippen molar-refractivity contribution in [1.29, 1.82) is 0 Å². The SMILES string of the molecule is CCC(CC)N1CCC(NCC(C)C)CC1. The minimum atomic E-state index is 0.771. The molecule has 2 heteroatoms. The molecular weight excluding hydrogens is 196 g/mol. The summed E-state index contributed by atoms with van der Waals surface area (Å²) in [6.07, 6.45) is 5.29. The van der Waals surface area contributed by atoms with E-state index >= 15 is 0 Å². The summed E-state index contributed by atoms with van der Waals surface area (Å²) < 4.78 is 0. The number of piperidine rings is 1. The molecule has 0 bridgehead atoms. The molecule has 0 aromatic heterocycles. The van der Waals surface area contributed by atoms with Crippen LogP contribution in [0.3, 0.4) is 0 Å². The van der Waals surface area contributed by atoms with E-state index in [1.807, 2.05) is 0 Å². The monoisotopic (exact) mass is 226 g/mol. The van der Waals surface area contributed by atoms with Gasteiger partial charge < -0.3 is 10.2 Å². The third-order valence-corrected chi connectivity index (χ3v) is 3.80. The van der Waals surface area contributed by atoms with Gasteiger partial charge in [0.25, 0.3) is 0 Å². The largest absolute Gasteiger partial charge is 0.314 e. The summed E-state index contributed by atoms with van der Waals surface area (Å²) in [5.41, 5.74) is 0. The molecule has 1 N–H and O–H groups in total. The minimum Gasteiger partial charge on any atom is -0.314 e. The topological polar surface area (TPSA) is 15.3 Å². The van der Waals surface area contributed by atoms with E-state index in [2.05, 4.69) is 37.9 Å². The summed E-state index contributed by atoms with van der Waals surface area (Å²) in [5, 5.41) is 3.69. The van der Waals surface area contributed by atoms with Gasteiger partial charge in [-0.15, -0.1) is 0 Å². The smallest absolute Gasteiger partial charge is 0.00915 e. The summed E-state index contributed by atoms with van der Waals surface area (Å²) in [7, 11) is 0. The first-order valence-electron chi connectivity index (χ1n) is 7.14. The molecule has 0 spiro atoms. The molecule has 0 aliphatic carbocycles. The van der Waals surface area contributed by atoms with Gasteiger partial charge in [0.2, 0.25) is 0 Å². The van der Waals surface area contributed by atoms with Crippen LogP contribution in [0.1, 0.15) is 53.4 Å². The zero-order valence-corrected chi connectivity index (χ0v) is 11.6. The number of hydrogen-bond acceptors (Lipinski definition) is 2. The standard InChI is InChI=1S/C14H30N2/c1-5-14(6-2)16-9-7-13(8-10-16)15-11-12(3)4/h12-15H,5-11H2,1-4H3. The highest BCUT2D eigenvalue weighted by molar-refractivity contribution is 4.80. The van der Waals surface area contributed by atoms with Gasteiger partial charge in [-0.1, -0.05) is 27.7 Å². The second kappa shape index (κ2) is 7.29. The molecule has 96 valence electrons. The highest BCUT2D eigenvalue weighted by atomic mass is 15.2. The van der Waals surface area contributed by atoms with Gasteiger partial charge in [0, 0.05) is 12.1 Å². The van der Waals surface area contributed by atoms with Crippen LogP contribution >= 0.6 is 0 Å². The summed E-state index contributed by atoms with van der Waals surface area (Å²) in [6.45, 7) is 13.0. The molecule has 1 saturated heterocycles. The predicted octanol–water partition coefficient (Wildman–Crippen LogP) is 2.89. The lowest BCUT2D eigenvalue weighted by Gasteiger charge is -2.37. The molecule has 2 nitrogen and oxygen atoms in total. The van der Waals surface area contributed by atoms with Crippen molar-refractivity contribution in [3.8, 4) is 0 Å². The fourth-order valence-corrected chi connectivity index (χ4v) is 2.68. The average molecular weight is 226 g/mol. The quantitative estimate of drug-likeness (QED) is 0.749. The van der Waals surface area contributed by atoms with Crippen LogP contribution in [0, 0.1) is 5.92 Å². The molecule has 0 radical (unpaired) electrons. The Bertz CT molecular complexity index is 168. The van der Waals surface area contributed by atoms with Gasteiger partial charge >= 0.3 is 0 Å². The second-order valence-electron chi connectivity index (χ2n) is 5.58. The summed E-state index contributed by atoms with van der Waals surface area (Å²) >= 11 is 0. The van der Waals surface area contributed by atoms with Crippen molar-refractivity contribution < 1.29 is 0 Å². The van der Waals surface area contributed by atoms with Crippen molar-refractivity contribution >= 4 is 0 Å². The van der Waals surface area contributed by atoms with Crippen LogP contribution in [0.25, 0.3) is 0 Å². The van der Waals surface area contributed by atoms with Crippen LogP contribution in [0.4, 0.5) is 0 Å². The first-order valence-corrected chi connectivity index (χ1v) is 7.14. The van der Waals surface area contributed by atoms with Crippen molar-refractivity contribution in [1.82, 2.24) is 10.2 Å². The van der Waals surface area contributed by atoms with Crippen molar-refractivity contribution in [2.24, 2.45) is 5.92 Å². The zero-order chi connectivity index (χ0) is 12.0. The Hall–Kier alpha value is -0.0800. The summed E-state index contributed by atoms with van der Waals surface area (Å²) in [5.74, 6) is 0.775. The van der Waals surface area contributed by atoms with Crippen molar-refractivity contribution in [2.45, 2.75) is 65.5 Å². The maximum Gasteiger partial charge on any atom is 0.00915 e. The molecule has 1 heterocycles. The molecule has 0 aromatic rings. The van der Waals surface area contributed by atoms with Crippen LogP contribution in [-0.4, -0.2) is 36.6 Å². The number of nitrogens with zero attached hydrogens (tertiary/aromatic N) is 1. The van der Waals surface area contributed by atoms with Gasteiger partial charge in [-0.25, -0.2) is 0 Å². The number of likely N-dealkylation sites (tertiary alicyclic amines) is 1. The maximum absolute atomic E-state index is 3.69. The number of rotatable bonds is 6. The minimum absolute atomic E-state index is 0.771. The Morgan fingerprint density at radius 3 is 2.12 bits per heavy atom. The lowest BCUT2D eigenvalue weighted by molar-refractivity contribution is 0.135. The fourth-order valence-electron chi connectivity index (χ4n) is 2.68. The first-order chi connectivity index (χ1) is 7.67. The van der Waals surface area contributed by atoms with Crippen molar-refractivity contribution in [2.75, 3.05) is 19.6 Å². The maximum atomic E-state index is 3.69. The van der Waals surface area contributed by atoms with E-state index in [9.17, 15) is 0 Å². The lowest BCUT2D eigenvalue weighted by Crippen LogP contribution is -2.46. The van der Waals surface area contributed by atoms with E-state index in [4.69, 9.17) is 0 Å². The van der Waals surface area contributed by atoms with E-state index in [0.717, 1.165) is 18.0 Å². The Morgan fingerprint density at radius 1 is 1.12 bits per heavy atom. The molecule has 1 rings (SSSR count). The zero-order valence-electron chi connectivity index (χ0n) is 11.6. The molecule has 16 heavy (non-hydrogen) atoms. The van der Waals surface area contributed by atoms with Gasteiger partial charge in [-0.2, -0.15) is 0 Å². The third-order valence-electron chi connectivity index (χ3n) is 3.80. The highest BCUT2D eigenvalue weighted by Gasteiger charge is 2.22. The molecule has 1 aliphatic heterocycles. The molecule has 1 aliphatic rings. The van der Waals surface area contributed by atoms with Crippen LogP contribution in [-0.2, 0) is 0 Å². The molecule has 0 atom stereocenters. The molecule has 0 saturated carbocycles. The van der Waals surface area contributed by atoms with Gasteiger partial charge in [0.15, 0.2) is 0 Å². The van der Waals surface area contributed by atoms with Gasteiger partial charge in [-0.3, -0.25) is 0 Å². The molecule has 0 amide bonds. The van der Waals surface area contributed by atoms with Gasteiger partial charge in [0.1, 0.15) is 0 Å². The van der Waals surface area contributed by atoms with E-state index < -0.39 is 0 Å². The molecule has 0 unspecified atom stereocenters. The van der Waals surface area contributed by atoms with Crippen LogP contribution in [0.5, 0.6) is 0 Å². The van der Waals surface area contributed by atoms with Crippen molar-refractivity contribution in [3.05, 3.63) is 0 Å². The predicted molar refractivity (Wildman–Crippen MR) is 71.8 cm³/mol. The van der Waals surface area contributed by atoms with Crippen LogP contribution in [0.2, 0.25) is 0 Å². The Kier molecular flexibility index (Phi) is 6.37. The van der Waals surface area contributed by atoms with E-state index in [1.54, 1.807) is 0 Å². The molecule has 1 fully saturated rings. The normalized spacial score (nSPS) is 19.9. The van der Waals surface area contributed by atoms with Gasteiger partial charge in [-0.05, 0) is 51.2 Å². The Morgan fingerprint density at radius 2 is 1.69 bits per heavy atom. The third kappa shape index (κ3) is 4.42. The van der Waals surface area contributed by atoms with E-state index in [1.165, 1.54) is 45.3 Å². The average Bonchev–Trinajstić information content (AvgIpc) is 2.29. The van der Waals surface area contributed by atoms with Gasteiger partial charge in [0.05, 0.1) is 0 Å². The number of hydrogen-bond donors (Lipinski definition) is 1. The number of nitrogens with one attached hydrogen (secondary N) is 1. The van der Waals surface area contributed by atoms with Crippen LogP contribution in [0.15, 0.2) is 0 Å². The van der Waals surface area contributed by atoms with Crippen molar-refractivity contribution in [3.63, 3.8) is 0 Å². The molecular formula is C14H30N2. The van der Waals surface area contributed by atoms with E-state index in [-0.39, 0.29) is 0 Å². The van der Waals surface area contributed by atoms with E-state index in [0.29, 0.717) is 0 Å². The second-order valence-corrected chi connectivity index (χ2v) is 5.58. The lowest BCUT2D eigenvalue weighted by atomic mass is 10.0. The fraction of sp³-hybridized carbons (Fsp3) is 1.00. The highest BCUT2D eigenvalue weighted by Crippen LogP contribution is 2.17. The summed E-state index contributed by atoms with van der Waals surface area (Å²) in [4.78, 5) is 2.69. The first kappa shape index (κ1) is 14.0. The Balaban J connectivity index is 2.22. The van der Waals surface area contributed by atoms with Crippen LogP contribution < -0.4 is 5.32 Å². The summed E-state index contributed by atoms with van der Waals surface area (Å²) in [6, 6.07) is 1.60.